The van der Waals surface area contributed by atoms with Crippen LogP contribution < -0.4 is 37.2 Å². The minimum atomic E-state index is -0.575. The Morgan fingerprint density at radius 2 is 1.08 bits per heavy atom. The van der Waals surface area contributed by atoms with E-state index in [-0.39, 0.29) is 5.92 Å². The number of aliphatic hydroxyl groups is 3. The van der Waals surface area contributed by atoms with Crippen molar-refractivity contribution < 1.29 is 20.1 Å². The highest BCUT2D eigenvalue weighted by Crippen LogP contribution is 2.16. The lowest BCUT2D eigenvalue weighted by Gasteiger charge is -2.29. The number of piperidine rings is 5. The van der Waals surface area contributed by atoms with Crippen molar-refractivity contribution in [2.24, 2.45) is 41.4 Å². The van der Waals surface area contributed by atoms with E-state index in [1.807, 2.05) is 41.9 Å². The van der Waals surface area contributed by atoms with Gasteiger partial charge in [0.05, 0.1) is 18.8 Å². The maximum Gasteiger partial charge on any atom is 0.133 e. The second-order valence-corrected chi connectivity index (χ2v) is 28.4. The van der Waals surface area contributed by atoms with Gasteiger partial charge in [-0.3, -0.25) is 4.90 Å². The number of hydrogen-bond acceptors (Lipinski definition) is 17. The summed E-state index contributed by atoms with van der Waals surface area (Å²) in [6, 6.07) is 0.847. The molecule has 0 amide bonds. The van der Waals surface area contributed by atoms with Crippen LogP contribution in [0.4, 0.5) is 0 Å². The maximum absolute atomic E-state index is 10.1. The number of aliphatic hydroxyl groups excluding tert-OH is 3. The Morgan fingerprint density at radius 3 is 1.29 bits per heavy atom. The molecule has 0 aromatic rings. The highest BCUT2D eigenvalue weighted by atomic mass is 16.3. The number of nitrogens with zero attached hydrogens (tertiary/aromatic N) is 6. The molecule has 7 rings (SSSR count). The third-order valence-corrected chi connectivity index (χ3v) is 16.5. The molecule has 93 heavy (non-hydrogen) atoms. The highest BCUT2D eigenvalue weighted by Gasteiger charge is 2.26. The topological polar surface area (TPSA) is 181 Å². The molecule has 0 aromatic heterocycles. The zero-order valence-electron chi connectivity index (χ0n) is 67.6. The zero-order valence-corrected chi connectivity index (χ0v) is 67.6. The summed E-state index contributed by atoms with van der Waals surface area (Å²) in [7, 11) is 22.8. The van der Waals surface area contributed by atoms with Crippen LogP contribution in [0.25, 0.3) is 0 Å². The van der Waals surface area contributed by atoms with E-state index in [0.717, 1.165) is 101 Å². The van der Waals surface area contributed by atoms with Gasteiger partial charge in [0, 0.05) is 38.8 Å². The Kier molecular flexibility index (Phi) is 94.1. The monoisotopic (exact) mass is 1330 g/mol. The first kappa shape index (κ1) is 105. The molecule has 0 radical (unpaired) electrons. The quantitative estimate of drug-likeness (QED) is 0.0425. The first-order valence-corrected chi connectivity index (χ1v) is 38.0. The number of hydrogen-bond donors (Lipinski definition) is 10. The summed E-state index contributed by atoms with van der Waals surface area (Å²) in [6.45, 7) is 55.0. The SMILES string of the molecule is CC(C)CO.CC1C=CCNC1.CC1CCCN1C.CC1CCCNC1.CC1CCN(C)CC1.CC1CCN(CC=O)CC1.CC1CCNCC1.CC1CNCC(O)C1O.CCCCN(C)C.CCCCNC.CCCN(C)C.CCCNC.CCN(C)C.CCNC. The molecular weight excluding hydrogens is 1160 g/mol. The molecule has 6 unspecified atom stereocenters. The van der Waals surface area contributed by atoms with Crippen LogP contribution in [0.15, 0.2) is 12.2 Å². The van der Waals surface area contributed by atoms with Gasteiger partial charge >= 0.3 is 0 Å². The lowest BCUT2D eigenvalue weighted by molar-refractivity contribution is -0.109. The van der Waals surface area contributed by atoms with E-state index in [1.54, 1.807) is 0 Å². The molecule has 0 aliphatic carbocycles. The largest absolute Gasteiger partial charge is 0.396 e. The number of β-amino-alcohol motifs (C(OH)–C–C–N with tert-alkyl or cyclic N) is 1. The lowest BCUT2D eigenvalue weighted by atomic mass is 9.96. The second-order valence-electron chi connectivity index (χ2n) is 28.4. The lowest BCUT2D eigenvalue weighted by Crippen LogP contribution is -2.49. The van der Waals surface area contributed by atoms with E-state index >= 15 is 0 Å². The molecule has 6 atom stereocenters. The van der Waals surface area contributed by atoms with Crippen LogP contribution in [0.3, 0.4) is 0 Å². The minimum absolute atomic E-state index is 0.175. The average molecular weight is 1340 g/mol. The van der Waals surface area contributed by atoms with Gasteiger partial charge in [-0.05, 0) is 314 Å². The molecule has 0 aromatic carbocycles. The van der Waals surface area contributed by atoms with Crippen LogP contribution >= 0.6 is 0 Å². The molecule has 0 saturated carbocycles. The maximum atomic E-state index is 10.1. The van der Waals surface area contributed by atoms with Gasteiger partial charge in [0.25, 0.3) is 0 Å². The minimum Gasteiger partial charge on any atom is -0.396 e. The van der Waals surface area contributed by atoms with Crippen LogP contribution in [0.1, 0.15) is 207 Å². The molecule has 7 heterocycles. The number of rotatable bonds is 15. The van der Waals surface area contributed by atoms with E-state index in [9.17, 15) is 4.79 Å². The second kappa shape index (κ2) is 83.2. The van der Waals surface area contributed by atoms with E-state index in [4.69, 9.17) is 15.3 Å². The van der Waals surface area contributed by atoms with Gasteiger partial charge in [-0.2, -0.15) is 0 Å². The molecule has 10 N–H and O–H groups in total. The summed E-state index contributed by atoms with van der Waals surface area (Å²) in [6.07, 6.45) is 25.7. The number of aldehydes is 1. The van der Waals surface area contributed by atoms with Crippen molar-refractivity contribution in [1.29, 1.82) is 0 Å². The Bertz CT molecular complexity index is 1300. The van der Waals surface area contributed by atoms with Crippen molar-refractivity contribution in [3.8, 4) is 0 Å². The van der Waals surface area contributed by atoms with Crippen molar-refractivity contribution in [1.82, 2.24) is 66.6 Å². The summed E-state index contributed by atoms with van der Waals surface area (Å²) in [5.74, 6) is 5.10. The molecule has 568 valence electrons. The number of carbonyl (C=O) groups excluding carboxylic acids is 1. The molecule has 7 aliphatic heterocycles. The first-order valence-electron chi connectivity index (χ1n) is 38.0. The van der Waals surface area contributed by atoms with Gasteiger partial charge in [-0.1, -0.05) is 122 Å². The summed E-state index contributed by atoms with van der Waals surface area (Å²) >= 11 is 0. The fourth-order valence-electron chi connectivity index (χ4n) is 8.92. The van der Waals surface area contributed by atoms with Crippen molar-refractivity contribution in [3.05, 3.63) is 12.2 Å². The van der Waals surface area contributed by atoms with Gasteiger partial charge in [0.1, 0.15) is 6.29 Å². The van der Waals surface area contributed by atoms with Crippen LogP contribution in [0.5, 0.6) is 0 Å². The average Bonchev–Trinajstić information content (AvgIpc) is 2.55. The fraction of sp³-hybridized carbons (Fsp3) is 0.961. The third-order valence-electron chi connectivity index (χ3n) is 16.5. The standard InChI is InChI=1S/C8H15NO.C7H15N.C6H13NO2.3C6H13N.C6H11N.C6H15N.2C5H13N.2C4H11N.C4H10O.C3H9N/c1-8-2-4-9(5-3-8)6-7-10;1-7-3-5-8(2)6-4-7;1-4-2-7-3-5(8)6(4)9;1-6-4-3-5-7(6)2;1-6-2-4-7-5-3-6;2*1-6-3-2-4-7-5-6;1-4-5-6-7(2)3;1-4-5-6(2)3;1-3-4-5-6-2;1-4-5(2)3;1-3-4-5-2;1-4(2)3-5;1-3-4-2/h7-8H,2-6H2,1H3;7H,3-6H2,1-2H3;4-9H,2-3H2,1H3;6H,3-5H2,1-2H3;2*6-7H,2-5H2,1H3;2-3,6-7H,4-5H2,1H3;4-6H2,1-3H3;4-5H2,1-3H3;6H,3-5H2,1-2H3;4H2,1-3H3;5H,3-4H2,1-2H3;4-5H,3H2,1-2H3;4H,3H2,1-2H3. The number of nitrogens with one attached hydrogen (secondary N) is 7. The molecule has 17 heteroatoms. The Morgan fingerprint density at radius 1 is 0.559 bits per heavy atom. The number of likely N-dealkylation sites (tertiary alicyclic amines) is 3. The van der Waals surface area contributed by atoms with Crippen LogP contribution in [0.2, 0.25) is 0 Å². The zero-order chi connectivity index (χ0) is 72.5. The van der Waals surface area contributed by atoms with Crippen molar-refractivity contribution in [2.75, 3.05) is 215 Å². The molecule has 6 saturated heterocycles. The predicted molar refractivity (Wildman–Crippen MR) is 417 cm³/mol. The smallest absolute Gasteiger partial charge is 0.133 e. The van der Waals surface area contributed by atoms with E-state index in [1.165, 1.54) is 162 Å². The summed E-state index contributed by atoms with van der Waals surface area (Å²) in [5.41, 5.74) is 0. The molecule has 6 fully saturated rings. The van der Waals surface area contributed by atoms with Gasteiger partial charge in [0.2, 0.25) is 0 Å². The predicted octanol–water partition coefficient (Wildman–Crippen LogP) is 10.5. The van der Waals surface area contributed by atoms with Gasteiger partial charge < -0.3 is 81.8 Å². The van der Waals surface area contributed by atoms with Gasteiger partial charge in [-0.15, -0.1) is 0 Å². The summed E-state index contributed by atoms with van der Waals surface area (Å²) in [4.78, 5) is 23.7. The van der Waals surface area contributed by atoms with Crippen molar-refractivity contribution in [3.63, 3.8) is 0 Å². The molecular formula is C76H175N13O4. The fourth-order valence-corrected chi connectivity index (χ4v) is 8.92. The summed E-state index contributed by atoms with van der Waals surface area (Å²) in [5, 5.41) is 48.3. The number of unbranched alkanes of at least 4 members (excludes halogenated alkanes) is 2. The van der Waals surface area contributed by atoms with Crippen LogP contribution in [-0.2, 0) is 4.79 Å². The first-order chi connectivity index (χ1) is 44.1. The van der Waals surface area contributed by atoms with Crippen LogP contribution in [0, 0.1) is 41.4 Å². The van der Waals surface area contributed by atoms with E-state index < -0.39 is 12.2 Å². The van der Waals surface area contributed by atoms with Gasteiger partial charge in [-0.25, -0.2) is 0 Å². The normalized spacial score (nSPS) is 22.2. The Labute approximate surface area is 583 Å². The highest BCUT2D eigenvalue weighted by molar-refractivity contribution is 5.51. The van der Waals surface area contributed by atoms with Gasteiger partial charge in [0.15, 0.2) is 0 Å². The van der Waals surface area contributed by atoms with Crippen molar-refractivity contribution in [2.45, 2.75) is 225 Å². The molecule has 7 aliphatic rings. The molecule has 0 bridgehead atoms. The van der Waals surface area contributed by atoms with E-state index in [2.05, 4.69) is 218 Å². The van der Waals surface area contributed by atoms with Crippen molar-refractivity contribution >= 4 is 6.29 Å². The Balaban J connectivity index is -0.000000172. The molecule has 17 nitrogen and oxygen atoms in total. The Hall–Kier alpha value is -1.23. The summed E-state index contributed by atoms with van der Waals surface area (Å²) < 4.78 is 0. The third kappa shape index (κ3) is 95.0. The van der Waals surface area contributed by atoms with E-state index in [0.29, 0.717) is 25.6 Å². The van der Waals surface area contributed by atoms with Crippen LogP contribution in [-0.4, -0.2) is 284 Å². The number of carbonyl (C=O) groups is 1. The molecule has 0 spiro atoms.